The number of amides is 2. The molecule has 0 radical (unpaired) electrons. The van der Waals surface area contributed by atoms with Crippen LogP contribution in [0.5, 0.6) is 11.5 Å². The number of nitrogens with zero attached hydrogens (tertiary/aromatic N) is 2. The lowest BCUT2D eigenvalue weighted by Gasteiger charge is -2.35. The number of ether oxygens (including phenoxy) is 2. The van der Waals surface area contributed by atoms with Crippen molar-refractivity contribution in [1.82, 2.24) is 15.1 Å². The molecule has 1 aliphatic rings. The lowest BCUT2D eigenvalue weighted by molar-refractivity contribution is -0.138. The highest BCUT2D eigenvalue weighted by atomic mass is 16.5. The lowest BCUT2D eigenvalue weighted by Crippen LogP contribution is -2.56. The number of aliphatic hydroxyl groups is 1. The Balaban J connectivity index is 2.15. The van der Waals surface area contributed by atoms with Gasteiger partial charge < -0.3 is 24.8 Å². The SMILES string of the molecule is COc1cc(CN2CCNC(=O)C2CC(=O)N(C)CCO)cc(OC)c1. The number of carbonyl (C=O) groups is 2. The Labute approximate surface area is 153 Å². The van der Waals surface area contributed by atoms with Crippen molar-refractivity contribution in [3.05, 3.63) is 23.8 Å². The van der Waals surface area contributed by atoms with E-state index in [0.717, 1.165) is 5.56 Å². The molecule has 2 N–H and O–H groups in total. The van der Waals surface area contributed by atoms with Crippen LogP contribution >= 0.6 is 0 Å². The highest BCUT2D eigenvalue weighted by Gasteiger charge is 2.32. The number of likely N-dealkylation sites (N-methyl/N-ethyl adjacent to an activating group) is 1. The van der Waals surface area contributed by atoms with Gasteiger partial charge in [-0.2, -0.15) is 0 Å². The van der Waals surface area contributed by atoms with Crippen molar-refractivity contribution >= 4 is 11.8 Å². The van der Waals surface area contributed by atoms with Crippen molar-refractivity contribution in [3.63, 3.8) is 0 Å². The molecule has 1 aromatic rings. The summed E-state index contributed by atoms with van der Waals surface area (Å²) in [5.41, 5.74) is 0.942. The quantitative estimate of drug-likeness (QED) is 0.666. The van der Waals surface area contributed by atoms with Crippen molar-refractivity contribution in [1.29, 1.82) is 0 Å². The molecular weight excluding hydrogens is 338 g/mol. The molecule has 1 aromatic carbocycles. The lowest BCUT2D eigenvalue weighted by atomic mass is 10.1. The summed E-state index contributed by atoms with van der Waals surface area (Å²) in [6.45, 7) is 1.83. The van der Waals surface area contributed by atoms with E-state index >= 15 is 0 Å². The molecule has 8 heteroatoms. The first-order valence-corrected chi connectivity index (χ1v) is 8.57. The van der Waals surface area contributed by atoms with E-state index in [4.69, 9.17) is 14.6 Å². The molecule has 2 amide bonds. The van der Waals surface area contributed by atoms with Crippen molar-refractivity contribution in [2.45, 2.75) is 19.0 Å². The predicted octanol–water partition coefficient (Wildman–Crippen LogP) is -0.155. The summed E-state index contributed by atoms with van der Waals surface area (Å²) in [6, 6.07) is 5.03. The number of rotatable bonds is 8. The van der Waals surface area contributed by atoms with Gasteiger partial charge in [0.2, 0.25) is 11.8 Å². The van der Waals surface area contributed by atoms with Gasteiger partial charge >= 0.3 is 0 Å². The Hall–Kier alpha value is -2.32. The third kappa shape index (κ3) is 5.09. The third-order valence-electron chi connectivity index (χ3n) is 4.47. The molecule has 26 heavy (non-hydrogen) atoms. The number of aliphatic hydroxyl groups excluding tert-OH is 1. The van der Waals surface area contributed by atoms with Crippen LogP contribution in [-0.4, -0.2) is 80.3 Å². The van der Waals surface area contributed by atoms with Gasteiger partial charge in [-0.1, -0.05) is 0 Å². The molecule has 8 nitrogen and oxygen atoms in total. The van der Waals surface area contributed by atoms with E-state index < -0.39 is 6.04 Å². The van der Waals surface area contributed by atoms with Crippen LogP contribution in [0.2, 0.25) is 0 Å². The standard InChI is InChI=1S/C18H27N3O5/c1-20(6-7-22)17(23)11-16-18(24)19-4-5-21(16)12-13-8-14(25-2)10-15(9-13)26-3/h8-10,16,22H,4-7,11-12H2,1-3H3,(H,19,24). The predicted molar refractivity (Wildman–Crippen MR) is 96.1 cm³/mol. The van der Waals surface area contributed by atoms with Crippen molar-refractivity contribution in [3.8, 4) is 11.5 Å². The molecular formula is C18H27N3O5. The fraction of sp³-hybridized carbons (Fsp3) is 0.556. The zero-order valence-electron chi connectivity index (χ0n) is 15.5. The van der Waals surface area contributed by atoms with E-state index in [1.165, 1.54) is 4.90 Å². The molecule has 1 atom stereocenters. The van der Waals surface area contributed by atoms with Gasteiger partial charge in [0, 0.05) is 39.3 Å². The molecule has 2 rings (SSSR count). The summed E-state index contributed by atoms with van der Waals surface area (Å²) in [6.07, 6.45) is 0.0729. The van der Waals surface area contributed by atoms with Crippen LogP contribution in [0.1, 0.15) is 12.0 Å². The first kappa shape index (κ1) is 20.0. The summed E-state index contributed by atoms with van der Waals surface area (Å²) in [5, 5.41) is 11.8. The van der Waals surface area contributed by atoms with E-state index in [1.54, 1.807) is 27.3 Å². The van der Waals surface area contributed by atoms with Crippen LogP contribution in [-0.2, 0) is 16.1 Å². The minimum Gasteiger partial charge on any atom is -0.497 e. The largest absolute Gasteiger partial charge is 0.497 e. The van der Waals surface area contributed by atoms with Crippen LogP contribution in [0.3, 0.4) is 0 Å². The molecule has 0 aliphatic carbocycles. The Bertz CT molecular complexity index is 615. The monoisotopic (exact) mass is 365 g/mol. The highest BCUT2D eigenvalue weighted by Crippen LogP contribution is 2.24. The van der Waals surface area contributed by atoms with Gasteiger partial charge in [-0.05, 0) is 17.7 Å². The normalized spacial score (nSPS) is 17.5. The summed E-state index contributed by atoms with van der Waals surface area (Å²) in [4.78, 5) is 28.1. The van der Waals surface area contributed by atoms with Gasteiger partial charge in [0.1, 0.15) is 11.5 Å². The number of carbonyl (C=O) groups excluding carboxylic acids is 2. The Morgan fingerprint density at radius 2 is 1.96 bits per heavy atom. The first-order valence-electron chi connectivity index (χ1n) is 8.57. The molecule has 0 bridgehead atoms. The van der Waals surface area contributed by atoms with Gasteiger partial charge in [0.05, 0.1) is 33.3 Å². The summed E-state index contributed by atoms with van der Waals surface area (Å²) in [7, 11) is 4.80. The van der Waals surface area contributed by atoms with Gasteiger partial charge in [-0.15, -0.1) is 0 Å². The summed E-state index contributed by atoms with van der Waals surface area (Å²) < 4.78 is 10.6. The maximum Gasteiger partial charge on any atom is 0.237 e. The van der Waals surface area contributed by atoms with E-state index in [0.29, 0.717) is 31.1 Å². The Morgan fingerprint density at radius 3 is 2.54 bits per heavy atom. The second-order valence-corrected chi connectivity index (χ2v) is 6.24. The van der Waals surface area contributed by atoms with E-state index in [1.807, 2.05) is 17.0 Å². The molecule has 0 aromatic heterocycles. The van der Waals surface area contributed by atoms with Crippen LogP contribution in [0.25, 0.3) is 0 Å². The first-order chi connectivity index (χ1) is 12.5. The molecule has 1 saturated heterocycles. The average molecular weight is 365 g/mol. The number of benzene rings is 1. The van der Waals surface area contributed by atoms with Gasteiger partial charge in [-0.3, -0.25) is 14.5 Å². The number of methoxy groups -OCH3 is 2. The van der Waals surface area contributed by atoms with E-state index in [9.17, 15) is 9.59 Å². The van der Waals surface area contributed by atoms with Gasteiger partial charge in [0.15, 0.2) is 0 Å². The Morgan fingerprint density at radius 1 is 1.31 bits per heavy atom. The molecule has 1 heterocycles. The number of nitrogens with one attached hydrogen (secondary N) is 1. The smallest absolute Gasteiger partial charge is 0.237 e. The number of hydrogen-bond donors (Lipinski definition) is 2. The third-order valence-corrected chi connectivity index (χ3v) is 4.47. The maximum absolute atomic E-state index is 12.3. The number of piperazine rings is 1. The summed E-state index contributed by atoms with van der Waals surface area (Å²) in [5.74, 6) is 1.03. The van der Waals surface area contributed by atoms with Crippen LogP contribution in [0.15, 0.2) is 18.2 Å². The van der Waals surface area contributed by atoms with E-state index in [2.05, 4.69) is 5.32 Å². The molecule has 1 aliphatic heterocycles. The topological polar surface area (TPSA) is 91.3 Å². The molecule has 1 fully saturated rings. The fourth-order valence-corrected chi connectivity index (χ4v) is 2.96. The van der Waals surface area contributed by atoms with Gasteiger partial charge in [-0.25, -0.2) is 0 Å². The highest BCUT2D eigenvalue weighted by molar-refractivity contribution is 5.88. The van der Waals surface area contributed by atoms with Crippen molar-refractivity contribution in [2.75, 3.05) is 47.5 Å². The zero-order valence-corrected chi connectivity index (χ0v) is 15.5. The van der Waals surface area contributed by atoms with Crippen LogP contribution in [0.4, 0.5) is 0 Å². The molecule has 0 saturated carbocycles. The molecule has 144 valence electrons. The zero-order chi connectivity index (χ0) is 19.1. The van der Waals surface area contributed by atoms with Gasteiger partial charge in [0.25, 0.3) is 0 Å². The fourth-order valence-electron chi connectivity index (χ4n) is 2.96. The van der Waals surface area contributed by atoms with Crippen LogP contribution < -0.4 is 14.8 Å². The Kier molecular flexibility index (Phi) is 7.23. The van der Waals surface area contributed by atoms with Crippen molar-refractivity contribution < 1.29 is 24.2 Å². The number of hydrogen-bond acceptors (Lipinski definition) is 6. The second kappa shape index (κ2) is 9.40. The van der Waals surface area contributed by atoms with Crippen molar-refractivity contribution in [2.24, 2.45) is 0 Å². The van der Waals surface area contributed by atoms with E-state index in [-0.39, 0.29) is 31.4 Å². The van der Waals surface area contributed by atoms with Crippen LogP contribution in [0, 0.1) is 0 Å². The second-order valence-electron chi connectivity index (χ2n) is 6.24. The molecule has 1 unspecified atom stereocenters. The average Bonchev–Trinajstić information content (AvgIpc) is 2.64. The molecule has 0 spiro atoms. The minimum atomic E-state index is -0.547. The summed E-state index contributed by atoms with van der Waals surface area (Å²) >= 11 is 0. The maximum atomic E-state index is 12.3. The minimum absolute atomic E-state index is 0.0729.